The largest absolute Gasteiger partial charge is 0.389 e. The number of aromatic nitrogens is 2. The van der Waals surface area contributed by atoms with E-state index in [1.54, 1.807) is 17.3 Å². The van der Waals surface area contributed by atoms with Crippen LogP contribution in [0, 0.1) is 0 Å². The van der Waals surface area contributed by atoms with E-state index in [2.05, 4.69) is 10.2 Å². The van der Waals surface area contributed by atoms with Crippen LogP contribution in [0.3, 0.4) is 0 Å². The molecule has 1 heterocycles. The Kier molecular flexibility index (Phi) is 3.41. The Hall–Kier alpha value is -0.130. The van der Waals surface area contributed by atoms with Crippen LogP contribution in [0.15, 0.2) is 9.85 Å². The van der Waals surface area contributed by atoms with Gasteiger partial charge >= 0.3 is 0 Å². The van der Waals surface area contributed by atoms with Crippen LogP contribution in [0.5, 0.6) is 0 Å². The summed E-state index contributed by atoms with van der Waals surface area (Å²) in [5.41, 5.74) is 1.28. The standard InChI is InChI=1S/C9H14N2OS2/c12-9(4-2-1-3-5-9)6-13-8-11-10-7-14-8/h7,12H,1-6H2. The number of hydrogen-bond donors (Lipinski definition) is 1. The second-order valence-electron chi connectivity index (χ2n) is 3.78. The first-order chi connectivity index (χ1) is 6.79. The summed E-state index contributed by atoms with van der Waals surface area (Å²) in [7, 11) is 0. The van der Waals surface area contributed by atoms with Crippen LogP contribution in [-0.2, 0) is 0 Å². The normalized spacial score (nSPS) is 20.9. The molecule has 1 aliphatic rings. The van der Waals surface area contributed by atoms with Gasteiger partial charge in [0.1, 0.15) is 5.51 Å². The molecule has 5 heteroatoms. The second-order valence-corrected chi connectivity index (χ2v) is 5.83. The zero-order valence-corrected chi connectivity index (χ0v) is 9.61. The average molecular weight is 230 g/mol. The molecule has 0 radical (unpaired) electrons. The predicted octanol–water partition coefficient (Wildman–Crippen LogP) is 2.33. The molecule has 0 atom stereocenters. The number of aliphatic hydroxyl groups is 1. The molecule has 1 fully saturated rings. The maximum Gasteiger partial charge on any atom is 0.174 e. The Bertz CT molecular complexity index is 270. The molecule has 0 amide bonds. The van der Waals surface area contributed by atoms with E-state index >= 15 is 0 Å². The minimum atomic E-state index is -0.450. The molecular formula is C9H14N2OS2. The summed E-state index contributed by atoms with van der Waals surface area (Å²) < 4.78 is 0.962. The van der Waals surface area contributed by atoms with Crippen molar-refractivity contribution in [1.82, 2.24) is 10.2 Å². The van der Waals surface area contributed by atoms with Gasteiger partial charge in [-0.3, -0.25) is 0 Å². The van der Waals surface area contributed by atoms with Crippen molar-refractivity contribution >= 4 is 23.1 Å². The van der Waals surface area contributed by atoms with Crippen molar-refractivity contribution in [1.29, 1.82) is 0 Å². The van der Waals surface area contributed by atoms with E-state index in [0.717, 1.165) is 35.8 Å². The van der Waals surface area contributed by atoms with E-state index in [-0.39, 0.29) is 0 Å². The summed E-state index contributed by atoms with van der Waals surface area (Å²) in [6.07, 6.45) is 5.48. The lowest BCUT2D eigenvalue weighted by molar-refractivity contribution is 0.0273. The van der Waals surface area contributed by atoms with Crippen LogP contribution >= 0.6 is 23.1 Å². The molecule has 0 unspecified atom stereocenters. The third kappa shape index (κ3) is 2.68. The van der Waals surface area contributed by atoms with E-state index < -0.39 is 5.60 Å². The molecule has 0 aromatic carbocycles. The average Bonchev–Trinajstić information content (AvgIpc) is 2.69. The minimum Gasteiger partial charge on any atom is -0.389 e. The van der Waals surface area contributed by atoms with E-state index in [9.17, 15) is 5.11 Å². The van der Waals surface area contributed by atoms with Crippen molar-refractivity contribution in [2.45, 2.75) is 42.0 Å². The lowest BCUT2D eigenvalue weighted by Crippen LogP contribution is -2.33. The molecule has 2 rings (SSSR count). The summed E-state index contributed by atoms with van der Waals surface area (Å²) in [4.78, 5) is 0. The molecule has 3 nitrogen and oxygen atoms in total. The summed E-state index contributed by atoms with van der Waals surface area (Å²) in [6, 6.07) is 0. The van der Waals surface area contributed by atoms with Crippen LogP contribution in [0.2, 0.25) is 0 Å². The summed E-state index contributed by atoms with van der Waals surface area (Å²) >= 11 is 3.17. The quantitative estimate of drug-likeness (QED) is 0.810. The molecular weight excluding hydrogens is 216 g/mol. The van der Waals surface area contributed by atoms with Crippen molar-refractivity contribution in [2.75, 3.05) is 5.75 Å². The van der Waals surface area contributed by atoms with Crippen LogP contribution in [0.25, 0.3) is 0 Å². The van der Waals surface area contributed by atoms with Gasteiger partial charge in [-0.05, 0) is 12.8 Å². The second kappa shape index (κ2) is 4.59. The Balaban J connectivity index is 1.84. The molecule has 78 valence electrons. The van der Waals surface area contributed by atoms with E-state index in [0.29, 0.717) is 0 Å². The minimum absolute atomic E-state index is 0.450. The number of thioether (sulfide) groups is 1. The molecule has 1 saturated carbocycles. The molecule has 1 aromatic heterocycles. The smallest absolute Gasteiger partial charge is 0.174 e. The van der Waals surface area contributed by atoms with Crippen LogP contribution in [0.1, 0.15) is 32.1 Å². The highest BCUT2D eigenvalue weighted by molar-refractivity contribution is 8.01. The van der Waals surface area contributed by atoms with Crippen molar-refractivity contribution in [2.24, 2.45) is 0 Å². The molecule has 1 N–H and O–H groups in total. The fourth-order valence-corrected chi connectivity index (χ4v) is 3.42. The molecule has 0 aliphatic heterocycles. The van der Waals surface area contributed by atoms with Gasteiger partial charge in [-0.25, -0.2) is 0 Å². The number of rotatable bonds is 3. The van der Waals surface area contributed by atoms with Gasteiger partial charge in [0.2, 0.25) is 0 Å². The van der Waals surface area contributed by atoms with Gasteiger partial charge in [0.05, 0.1) is 5.60 Å². The highest BCUT2D eigenvalue weighted by atomic mass is 32.2. The molecule has 1 aliphatic carbocycles. The first kappa shape index (κ1) is 10.4. The van der Waals surface area contributed by atoms with Gasteiger partial charge in [-0.1, -0.05) is 42.4 Å². The molecule has 1 aromatic rings. The molecule has 14 heavy (non-hydrogen) atoms. The summed E-state index contributed by atoms with van der Waals surface area (Å²) in [6.45, 7) is 0. The topological polar surface area (TPSA) is 46.0 Å². The lowest BCUT2D eigenvalue weighted by atomic mass is 9.86. The first-order valence-electron chi connectivity index (χ1n) is 4.90. The fourth-order valence-electron chi connectivity index (χ4n) is 1.78. The zero-order chi connectivity index (χ0) is 9.86. The highest BCUT2D eigenvalue weighted by Crippen LogP contribution is 2.33. The summed E-state index contributed by atoms with van der Waals surface area (Å²) in [5.74, 6) is 0.766. The summed E-state index contributed by atoms with van der Waals surface area (Å²) in [5, 5.41) is 17.9. The molecule has 0 bridgehead atoms. The van der Waals surface area contributed by atoms with E-state index in [1.807, 2.05) is 0 Å². The SMILES string of the molecule is OC1(CSc2nncs2)CCCCC1. The van der Waals surface area contributed by atoms with Crippen molar-refractivity contribution in [3.05, 3.63) is 5.51 Å². The van der Waals surface area contributed by atoms with Gasteiger partial charge in [0.15, 0.2) is 4.34 Å². The number of hydrogen-bond acceptors (Lipinski definition) is 5. The maximum atomic E-state index is 10.2. The van der Waals surface area contributed by atoms with Gasteiger partial charge < -0.3 is 5.11 Å². The highest BCUT2D eigenvalue weighted by Gasteiger charge is 2.29. The third-order valence-corrected chi connectivity index (χ3v) is 4.72. The predicted molar refractivity (Wildman–Crippen MR) is 58.7 cm³/mol. The Morgan fingerprint density at radius 2 is 2.21 bits per heavy atom. The van der Waals surface area contributed by atoms with Gasteiger partial charge in [-0.2, -0.15) is 0 Å². The van der Waals surface area contributed by atoms with Crippen molar-refractivity contribution in [3.8, 4) is 0 Å². The molecule has 0 saturated heterocycles. The lowest BCUT2D eigenvalue weighted by Gasteiger charge is -2.31. The van der Waals surface area contributed by atoms with Gasteiger partial charge in [-0.15, -0.1) is 10.2 Å². The molecule has 0 spiro atoms. The Labute approximate surface area is 91.9 Å². The van der Waals surface area contributed by atoms with E-state index in [4.69, 9.17) is 0 Å². The van der Waals surface area contributed by atoms with Crippen LogP contribution in [0.4, 0.5) is 0 Å². The van der Waals surface area contributed by atoms with E-state index in [1.165, 1.54) is 17.8 Å². The van der Waals surface area contributed by atoms with Crippen LogP contribution in [-0.4, -0.2) is 26.7 Å². The monoisotopic (exact) mass is 230 g/mol. The zero-order valence-electron chi connectivity index (χ0n) is 7.98. The van der Waals surface area contributed by atoms with Crippen molar-refractivity contribution in [3.63, 3.8) is 0 Å². The maximum absolute atomic E-state index is 10.2. The Morgan fingerprint density at radius 3 is 2.86 bits per heavy atom. The van der Waals surface area contributed by atoms with Gasteiger partial charge in [0, 0.05) is 5.75 Å². The van der Waals surface area contributed by atoms with Crippen LogP contribution < -0.4 is 0 Å². The Morgan fingerprint density at radius 1 is 1.43 bits per heavy atom. The third-order valence-electron chi connectivity index (χ3n) is 2.59. The van der Waals surface area contributed by atoms with Gasteiger partial charge in [0.25, 0.3) is 0 Å². The van der Waals surface area contributed by atoms with Crippen molar-refractivity contribution < 1.29 is 5.11 Å². The fraction of sp³-hybridized carbons (Fsp3) is 0.778. The number of nitrogens with zero attached hydrogens (tertiary/aromatic N) is 2. The first-order valence-corrected chi connectivity index (χ1v) is 6.76.